The van der Waals surface area contributed by atoms with Gasteiger partial charge in [0, 0.05) is 5.56 Å². The van der Waals surface area contributed by atoms with Crippen LogP contribution < -0.4 is 24.0 Å². The number of benzene rings is 6. The minimum atomic E-state index is -0.476. The molecule has 0 atom stereocenters. The number of amidine groups is 1. The Kier molecular flexibility index (Phi) is 7.19. The number of para-hydroxylation sites is 2. The number of nitrogens with zero attached hydrogens (tertiary/aromatic N) is 2. The van der Waals surface area contributed by atoms with Crippen LogP contribution in [0, 0.1) is 5.41 Å². The van der Waals surface area contributed by atoms with E-state index in [2.05, 4.69) is 0 Å². The second-order valence-corrected chi connectivity index (χ2v) is 11.3. The first-order valence-electron chi connectivity index (χ1n) is 15.4. The Morgan fingerprint density at radius 2 is 0.735 bits per heavy atom. The zero-order valence-electron chi connectivity index (χ0n) is 25.7. The zero-order valence-corrected chi connectivity index (χ0v) is 25.7. The molecule has 236 valence electrons. The number of ether oxygens (including phenoxy) is 3. The number of imide groups is 1. The van der Waals surface area contributed by atoms with Crippen LogP contribution in [-0.2, 0) is 0 Å². The van der Waals surface area contributed by atoms with Gasteiger partial charge in [0.1, 0.15) is 40.3 Å². The van der Waals surface area contributed by atoms with E-state index in [1.807, 2.05) is 60.7 Å². The molecular formula is C40H25N3O6. The van der Waals surface area contributed by atoms with Crippen LogP contribution in [-0.4, -0.2) is 23.6 Å². The first kappa shape index (κ1) is 29.4. The molecule has 0 radical (unpaired) electrons. The van der Waals surface area contributed by atoms with Crippen LogP contribution in [0.3, 0.4) is 0 Å². The molecule has 49 heavy (non-hydrogen) atoms. The molecule has 6 aromatic carbocycles. The van der Waals surface area contributed by atoms with Crippen LogP contribution in [0.15, 0.2) is 146 Å². The minimum absolute atomic E-state index is 0.0460. The standard InChI is InChI=1S/C40H25N3O6/c41-37-33-21-19-31(23-35(33)39(45)42(37)25-11-15-29(16-12-25)47-27-7-3-1-4-8-27)49-32-20-22-34-36(24-32)40(46)43(38(34)44)26-13-17-30(18-14-26)48-28-9-5-2-6-10-28/h1-24,41H. The molecule has 9 nitrogen and oxygen atoms in total. The summed E-state index contributed by atoms with van der Waals surface area (Å²) in [6.45, 7) is 0. The van der Waals surface area contributed by atoms with E-state index in [1.54, 1.807) is 78.9 Å². The third-order valence-electron chi connectivity index (χ3n) is 8.14. The van der Waals surface area contributed by atoms with Gasteiger partial charge >= 0.3 is 0 Å². The van der Waals surface area contributed by atoms with E-state index in [1.165, 1.54) is 11.0 Å². The molecule has 2 heterocycles. The predicted octanol–water partition coefficient (Wildman–Crippen LogP) is 8.85. The molecule has 0 spiro atoms. The van der Waals surface area contributed by atoms with Crippen LogP contribution >= 0.6 is 0 Å². The van der Waals surface area contributed by atoms with Gasteiger partial charge in [0.2, 0.25) is 0 Å². The predicted molar refractivity (Wildman–Crippen MR) is 184 cm³/mol. The molecular weight excluding hydrogens is 618 g/mol. The van der Waals surface area contributed by atoms with Crippen LogP contribution in [0.1, 0.15) is 36.6 Å². The van der Waals surface area contributed by atoms with Crippen LogP contribution in [0.25, 0.3) is 0 Å². The third kappa shape index (κ3) is 5.45. The topological polar surface area (TPSA) is 109 Å². The molecule has 0 unspecified atom stereocenters. The quantitative estimate of drug-likeness (QED) is 0.166. The molecule has 3 amide bonds. The van der Waals surface area contributed by atoms with Crippen molar-refractivity contribution in [3.05, 3.63) is 168 Å². The van der Waals surface area contributed by atoms with Gasteiger partial charge in [-0.05, 0) is 109 Å². The molecule has 6 aromatic rings. The lowest BCUT2D eigenvalue weighted by atomic mass is 10.1. The Hall–Kier alpha value is -7.00. The molecule has 0 bridgehead atoms. The number of nitrogens with one attached hydrogen (secondary N) is 1. The molecule has 8 rings (SSSR count). The van der Waals surface area contributed by atoms with Gasteiger partial charge in [-0.2, -0.15) is 0 Å². The highest BCUT2D eigenvalue weighted by Gasteiger charge is 2.37. The lowest BCUT2D eigenvalue weighted by molar-refractivity contribution is 0.0924. The van der Waals surface area contributed by atoms with Crippen LogP contribution in [0.4, 0.5) is 11.4 Å². The number of carbonyl (C=O) groups excluding carboxylic acids is 3. The summed E-state index contributed by atoms with van der Waals surface area (Å²) < 4.78 is 17.8. The highest BCUT2D eigenvalue weighted by Crippen LogP contribution is 2.36. The number of carbonyl (C=O) groups is 3. The minimum Gasteiger partial charge on any atom is -0.457 e. The molecule has 1 N–H and O–H groups in total. The summed E-state index contributed by atoms with van der Waals surface area (Å²) in [4.78, 5) is 42.7. The fourth-order valence-corrected chi connectivity index (χ4v) is 5.79. The van der Waals surface area contributed by atoms with Gasteiger partial charge in [-0.15, -0.1) is 0 Å². The number of rotatable bonds is 8. The number of hydrogen-bond donors (Lipinski definition) is 1. The summed E-state index contributed by atoms with van der Waals surface area (Å²) in [5.74, 6) is 1.96. The van der Waals surface area contributed by atoms with Crippen molar-refractivity contribution in [2.45, 2.75) is 0 Å². The Balaban J connectivity index is 0.973. The van der Waals surface area contributed by atoms with E-state index in [-0.39, 0.29) is 22.9 Å². The van der Waals surface area contributed by atoms with E-state index in [0.29, 0.717) is 57.0 Å². The maximum absolute atomic E-state index is 13.5. The number of hydrogen-bond acceptors (Lipinski definition) is 7. The largest absolute Gasteiger partial charge is 0.457 e. The fourth-order valence-electron chi connectivity index (χ4n) is 5.79. The Morgan fingerprint density at radius 1 is 0.367 bits per heavy atom. The first-order valence-corrected chi connectivity index (χ1v) is 15.4. The maximum atomic E-state index is 13.5. The second-order valence-electron chi connectivity index (χ2n) is 11.3. The molecule has 9 heteroatoms. The highest BCUT2D eigenvalue weighted by molar-refractivity contribution is 6.36. The molecule has 2 aliphatic rings. The van der Waals surface area contributed by atoms with Crippen molar-refractivity contribution in [2.75, 3.05) is 9.80 Å². The van der Waals surface area contributed by atoms with Gasteiger partial charge in [-0.1, -0.05) is 36.4 Å². The van der Waals surface area contributed by atoms with Gasteiger partial charge in [0.15, 0.2) is 0 Å². The van der Waals surface area contributed by atoms with E-state index < -0.39 is 11.8 Å². The summed E-state index contributed by atoms with van der Waals surface area (Å²) >= 11 is 0. The summed E-state index contributed by atoms with van der Waals surface area (Å²) in [7, 11) is 0. The summed E-state index contributed by atoms with van der Waals surface area (Å²) in [5.41, 5.74) is 2.18. The van der Waals surface area contributed by atoms with Gasteiger partial charge in [-0.3, -0.25) is 24.7 Å². The maximum Gasteiger partial charge on any atom is 0.266 e. The SMILES string of the molecule is N=C1c2ccc(Oc3ccc4c(c3)C(=O)N(c3ccc(Oc5ccccc5)cc3)C4=O)cc2C(=O)N1c1ccc(Oc2ccccc2)cc1. The van der Waals surface area contributed by atoms with E-state index in [9.17, 15) is 14.4 Å². The molecule has 0 aliphatic carbocycles. The third-order valence-corrected chi connectivity index (χ3v) is 8.14. The van der Waals surface area contributed by atoms with Crippen molar-refractivity contribution in [3.8, 4) is 34.5 Å². The number of anilines is 2. The number of amides is 3. The second kappa shape index (κ2) is 12.0. The lowest BCUT2D eigenvalue weighted by Gasteiger charge is -2.16. The van der Waals surface area contributed by atoms with Crippen molar-refractivity contribution in [1.29, 1.82) is 5.41 Å². The van der Waals surface area contributed by atoms with Crippen molar-refractivity contribution < 1.29 is 28.6 Å². The summed E-state index contributed by atoms with van der Waals surface area (Å²) in [6.07, 6.45) is 0. The number of fused-ring (bicyclic) bond motifs is 2. The molecule has 0 aromatic heterocycles. The van der Waals surface area contributed by atoms with Crippen molar-refractivity contribution in [1.82, 2.24) is 0 Å². The smallest absolute Gasteiger partial charge is 0.266 e. The van der Waals surface area contributed by atoms with E-state index in [4.69, 9.17) is 19.6 Å². The van der Waals surface area contributed by atoms with E-state index >= 15 is 0 Å². The van der Waals surface area contributed by atoms with Gasteiger partial charge in [0.25, 0.3) is 17.7 Å². The Bertz CT molecular complexity index is 2110. The van der Waals surface area contributed by atoms with E-state index in [0.717, 1.165) is 4.90 Å². The lowest BCUT2D eigenvalue weighted by Crippen LogP contribution is -2.29. The fraction of sp³-hybridized carbons (Fsp3) is 0. The van der Waals surface area contributed by atoms with Crippen molar-refractivity contribution in [3.63, 3.8) is 0 Å². The van der Waals surface area contributed by atoms with Crippen LogP contribution in [0.5, 0.6) is 34.5 Å². The van der Waals surface area contributed by atoms with Gasteiger partial charge in [-0.25, -0.2) is 4.90 Å². The Labute approximate surface area is 280 Å². The average Bonchev–Trinajstić information content (AvgIpc) is 3.53. The molecule has 0 saturated carbocycles. The highest BCUT2D eigenvalue weighted by atomic mass is 16.5. The van der Waals surface area contributed by atoms with Crippen molar-refractivity contribution in [2.24, 2.45) is 0 Å². The average molecular weight is 644 g/mol. The van der Waals surface area contributed by atoms with Crippen LogP contribution in [0.2, 0.25) is 0 Å². The zero-order chi connectivity index (χ0) is 33.5. The van der Waals surface area contributed by atoms with Gasteiger partial charge in [0.05, 0.1) is 28.1 Å². The summed E-state index contributed by atoms with van der Waals surface area (Å²) in [5, 5.41) is 8.71. The Morgan fingerprint density at radius 3 is 1.27 bits per heavy atom. The van der Waals surface area contributed by atoms with Crippen molar-refractivity contribution >= 4 is 34.9 Å². The summed E-state index contributed by atoms with van der Waals surface area (Å²) in [6, 6.07) is 41.9. The van der Waals surface area contributed by atoms with Gasteiger partial charge < -0.3 is 14.2 Å². The molecule has 0 fully saturated rings. The first-order chi connectivity index (χ1) is 23.9. The monoisotopic (exact) mass is 643 g/mol. The molecule has 2 aliphatic heterocycles. The normalized spacial score (nSPS) is 13.4. The molecule has 0 saturated heterocycles.